The third-order valence-corrected chi connectivity index (χ3v) is 3.19. The van der Waals surface area contributed by atoms with Gasteiger partial charge in [0.2, 0.25) is 0 Å². The molecule has 0 fully saturated rings. The molecule has 0 aliphatic rings. The van der Waals surface area contributed by atoms with Crippen LogP contribution in [0.15, 0.2) is 22.8 Å². The molecule has 2 rings (SSSR count). The van der Waals surface area contributed by atoms with Gasteiger partial charge in [0.1, 0.15) is 0 Å². The highest BCUT2D eigenvalue weighted by Gasteiger charge is 2.38. The number of pyridine rings is 1. The Morgan fingerprint density at radius 1 is 1.37 bits per heavy atom. The zero-order chi connectivity index (χ0) is 14.4. The lowest BCUT2D eigenvalue weighted by Crippen LogP contribution is -2.14. The van der Waals surface area contributed by atoms with Gasteiger partial charge in [-0.1, -0.05) is 0 Å². The molecule has 0 saturated heterocycles. The summed E-state index contributed by atoms with van der Waals surface area (Å²) >= 11 is 3.13. The number of nitrogens with zero attached hydrogens (tertiary/aromatic N) is 1. The number of fused-ring (bicyclic) bond motifs is 1. The van der Waals surface area contributed by atoms with E-state index in [1.54, 1.807) is 13.0 Å². The highest BCUT2D eigenvalue weighted by Crippen LogP contribution is 2.38. The molecule has 1 heterocycles. The summed E-state index contributed by atoms with van der Waals surface area (Å²) in [5, 5.41) is 8.65. The fourth-order valence-electron chi connectivity index (χ4n) is 1.86. The molecule has 100 valence electrons. The predicted octanol–water partition coefficient (Wildman–Crippen LogP) is 4.02. The van der Waals surface area contributed by atoms with Crippen LogP contribution in [0.3, 0.4) is 0 Å². The van der Waals surface area contributed by atoms with E-state index in [9.17, 15) is 18.0 Å². The van der Waals surface area contributed by atoms with Gasteiger partial charge < -0.3 is 5.11 Å². The summed E-state index contributed by atoms with van der Waals surface area (Å²) in [5.41, 5.74) is -1.36. The lowest BCUT2D eigenvalue weighted by atomic mass is 10.0. The monoisotopic (exact) mass is 333 g/mol. The minimum Gasteiger partial charge on any atom is -0.478 e. The second kappa shape index (κ2) is 4.48. The van der Waals surface area contributed by atoms with Crippen LogP contribution in [0.2, 0.25) is 0 Å². The van der Waals surface area contributed by atoms with E-state index in [-0.39, 0.29) is 10.9 Å². The second-order valence-corrected chi connectivity index (χ2v) is 4.85. The van der Waals surface area contributed by atoms with Gasteiger partial charge in [-0.05, 0) is 40.5 Å². The Morgan fingerprint density at radius 2 is 2.00 bits per heavy atom. The maximum Gasteiger partial charge on any atom is 0.417 e. The van der Waals surface area contributed by atoms with Crippen molar-refractivity contribution in [1.82, 2.24) is 4.98 Å². The van der Waals surface area contributed by atoms with Crippen LogP contribution in [0.4, 0.5) is 13.2 Å². The van der Waals surface area contributed by atoms with Gasteiger partial charge in [-0.25, -0.2) is 4.79 Å². The first kappa shape index (κ1) is 13.8. The van der Waals surface area contributed by atoms with Crippen molar-refractivity contribution in [2.24, 2.45) is 0 Å². The van der Waals surface area contributed by atoms with Crippen molar-refractivity contribution in [2.45, 2.75) is 13.1 Å². The molecule has 7 heteroatoms. The van der Waals surface area contributed by atoms with E-state index in [0.717, 1.165) is 6.20 Å². The van der Waals surface area contributed by atoms with Crippen molar-refractivity contribution in [3.05, 3.63) is 39.5 Å². The first-order valence-electron chi connectivity index (χ1n) is 5.11. The van der Waals surface area contributed by atoms with Crippen LogP contribution in [0.1, 0.15) is 21.5 Å². The molecular formula is C12H7BrF3NO2. The van der Waals surface area contributed by atoms with E-state index in [1.165, 1.54) is 6.07 Å². The van der Waals surface area contributed by atoms with E-state index >= 15 is 0 Å². The van der Waals surface area contributed by atoms with Gasteiger partial charge >= 0.3 is 12.1 Å². The molecule has 0 aliphatic heterocycles. The van der Waals surface area contributed by atoms with Crippen LogP contribution in [0.25, 0.3) is 10.9 Å². The molecule has 0 spiro atoms. The van der Waals surface area contributed by atoms with Crippen LogP contribution >= 0.6 is 15.9 Å². The number of rotatable bonds is 1. The number of carboxylic acids is 1. The summed E-state index contributed by atoms with van der Waals surface area (Å²) in [6, 6.07) is 2.90. The summed E-state index contributed by atoms with van der Waals surface area (Å²) in [5.74, 6) is -1.65. The van der Waals surface area contributed by atoms with Crippen molar-refractivity contribution in [3.63, 3.8) is 0 Å². The molecule has 1 aromatic carbocycles. The number of hydrogen-bond acceptors (Lipinski definition) is 2. The second-order valence-electron chi connectivity index (χ2n) is 3.99. The predicted molar refractivity (Wildman–Crippen MR) is 66.1 cm³/mol. The fourth-order valence-corrected chi connectivity index (χ4v) is 2.54. The maximum absolute atomic E-state index is 13.1. The first-order valence-corrected chi connectivity index (χ1v) is 5.90. The van der Waals surface area contributed by atoms with Crippen LogP contribution in [0.5, 0.6) is 0 Å². The van der Waals surface area contributed by atoms with Crippen molar-refractivity contribution in [3.8, 4) is 0 Å². The van der Waals surface area contributed by atoms with Crippen molar-refractivity contribution < 1.29 is 23.1 Å². The third kappa shape index (κ3) is 2.42. The van der Waals surface area contributed by atoms with Gasteiger partial charge in [0.05, 0.1) is 16.6 Å². The SMILES string of the molecule is Cc1cc(Br)c2ncc(C(=O)O)c(C(F)(F)F)c2c1. The number of hydrogen-bond donors (Lipinski definition) is 1. The molecule has 1 N–H and O–H groups in total. The van der Waals surface area contributed by atoms with E-state index < -0.39 is 23.3 Å². The minimum atomic E-state index is -4.76. The molecular weight excluding hydrogens is 327 g/mol. The number of aromatic carboxylic acids is 1. The lowest BCUT2D eigenvalue weighted by molar-refractivity contribution is -0.136. The number of alkyl halides is 3. The van der Waals surface area contributed by atoms with Crippen molar-refractivity contribution in [1.29, 1.82) is 0 Å². The average Bonchev–Trinajstić information content (AvgIpc) is 2.25. The normalized spacial score (nSPS) is 11.8. The number of halogens is 4. The quantitative estimate of drug-likeness (QED) is 0.857. The summed E-state index contributed by atoms with van der Waals surface area (Å²) in [6.45, 7) is 1.62. The maximum atomic E-state index is 13.1. The molecule has 0 saturated carbocycles. The van der Waals surface area contributed by atoms with Crippen molar-refractivity contribution in [2.75, 3.05) is 0 Å². The summed E-state index contributed by atoms with van der Waals surface area (Å²) in [4.78, 5) is 14.7. The Balaban J connectivity index is 2.99. The molecule has 0 atom stereocenters. The Hall–Kier alpha value is -1.63. The number of aromatic nitrogens is 1. The number of carbonyl (C=O) groups is 1. The van der Waals surface area contributed by atoms with Gasteiger partial charge in [0.25, 0.3) is 0 Å². The standard InChI is InChI=1S/C12H7BrF3NO2/c1-5-2-6-9(12(14,15)16)7(11(18)19)4-17-10(6)8(13)3-5/h2-4H,1H3,(H,18,19). The molecule has 0 amide bonds. The Bertz CT molecular complexity index is 683. The summed E-state index contributed by atoms with van der Waals surface area (Å²) in [7, 11) is 0. The Morgan fingerprint density at radius 3 is 2.53 bits per heavy atom. The van der Waals surface area contributed by atoms with E-state index in [0.29, 0.717) is 10.0 Å². The Kier molecular flexibility index (Phi) is 3.25. The van der Waals surface area contributed by atoms with E-state index in [2.05, 4.69) is 20.9 Å². The minimum absolute atomic E-state index is 0.0860. The van der Waals surface area contributed by atoms with Gasteiger partial charge in [-0.2, -0.15) is 13.2 Å². The van der Waals surface area contributed by atoms with E-state index in [4.69, 9.17) is 5.11 Å². The molecule has 0 unspecified atom stereocenters. The summed E-state index contributed by atoms with van der Waals surface area (Å²) in [6.07, 6.45) is -4.03. The Labute approximate surface area is 114 Å². The molecule has 0 bridgehead atoms. The zero-order valence-electron chi connectivity index (χ0n) is 9.55. The zero-order valence-corrected chi connectivity index (χ0v) is 11.1. The topological polar surface area (TPSA) is 50.2 Å². The van der Waals surface area contributed by atoms with Crippen LogP contribution in [-0.4, -0.2) is 16.1 Å². The van der Waals surface area contributed by atoms with Crippen molar-refractivity contribution >= 4 is 32.8 Å². The van der Waals surface area contributed by atoms with E-state index in [1.807, 2.05) is 0 Å². The van der Waals surface area contributed by atoms with Crippen LogP contribution < -0.4 is 0 Å². The first-order chi connectivity index (χ1) is 8.71. The molecule has 3 nitrogen and oxygen atoms in total. The number of benzene rings is 1. The van der Waals surface area contributed by atoms with Gasteiger partial charge in [-0.3, -0.25) is 4.98 Å². The number of aryl methyl sites for hydroxylation is 1. The molecule has 2 aromatic rings. The third-order valence-electron chi connectivity index (χ3n) is 2.58. The molecule has 1 aromatic heterocycles. The highest BCUT2D eigenvalue weighted by molar-refractivity contribution is 9.10. The van der Waals surface area contributed by atoms with Gasteiger partial charge in [0, 0.05) is 16.1 Å². The fraction of sp³-hybridized carbons (Fsp3) is 0.167. The summed E-state index contributed by atoms with van der Waals surface area (Å²) < 4.78 is 39.7. The molecule has 19 heavy (non-hydrogen) atoms. The molecule has 0 radical (unpaired) electrons. The highest BCUT2D eigenvalue weighted by atomic mass is 79.9. The molecule has 0 aliphatic carbocycles. The van der Waals surface area contributed by atoms with Crippen LogP contribution in [0, 0.1) is 6.92 Å². The van der Waals surface area contributed by atoms with Crippen LogP contribution in [-0.2, 0) is 6.18 Å². The van der Waals surface area contributed by atoms with Gasteiger partial charge in [0.15, 0.2) is 0 Å². The smallest absolute Gasteiger partial charge is 0.417 e. The average molecular weight is 334 g/mol. The van der Waals surface area contributed by atoms with Gasteiger partial charge in [-0.15, -0.1) is 0 Å². The lowest BCUT2D eigenvalue weighted by Gasteiger charge is -2.14. The number of carboxylic acid groups (broad SMARTS) is 1. The largest absolute Gasteiger partial charge is 0.478 e.